The van der Waals surface area contributed by atoms with Gasteiger partial charge in [-0.25, -0.2) is 4.98 Å². The Morgan fingerprint density at radius 2 is 2.26 bits per heavy atom. The molecule has 0 saturated heterocycles. The van der Waals surface area contributed by atoms with Crippen molar-refractivity contribution in [3.05, 3.63) is 51.3 Å². The molecule has 8 heteroatoms. The van der Waals surface area contributed by atoms with E-state index >= 15 is 0 Å². The van der Waals surface area contributed by atoms with Crippen LogP contribution in [0.3, 0.4) is 0 Å². The molecule has 2 aromatic heterocycles. The summed E-state index contributed by atoms with van der Waals surface area (Å²) in [5.41, 5.74) is 1.30. The number of carbonyl (C=O) groups is 2. The number of ether oxygens (including phenoxy) is 1. The van der Waals surface area contributed by atoms with Crippen LogP contribution < -0.4 is 5.32 Å². The lowest BCUT2D eigenvalue weighted by Gasteiger charge is -2.06. The number of anilines is 1. The monoisotopic (exact) mass is 441 g/mol. The molecule has 0 atom stereocenters. The van der Waals surface area contributed by atoms with E-state index in [1.165, 1.54) is 11.3 Å². The molecule has 2 heterocycles. The Labute approximate surface area is 149 Å². The van der Waals surface area contributed by atoms with Crippen molar-refractivity contribution in [2.24, 2.45) is 0 Å². The van der Waals surface area contributed by atoms with Crippen LogP contribution in [0, 0.1) is 3.57 Å². The number of esters is 1. The molecule has 0 aliphatic heterocycles. The number of halogens is 1. The van der Waals surface area contributed by atoms with Crippen LogP contribution in [0.2, 0.25) is 0 Å². The fourth-order valence-electron chi connectivity index (χ4n) is 1.97. The largest absolute Gasteiger partial charge is 0.455 e. The third kappa shape index (κ3) is 4.29. The summed E-state index contributed by atoms with van der Waals surface area (Å²) < 4.78 is 7.84. The standard InChI is InChI=1S/C15H12IN3O3S/c16-10-2-1-3-11(6-10)17-13(20)9-22-14(21)7-12-8-19-4-5-23-15(19)18-12/h1-6,8H,7,9H2,(H,17,20). The van der Waals surface area contributed by atoms with Crippen molar-refractivity contribution in [3.63, 3.8) is 0 Å². The van der Waals surface area contributed by atoms with Crippen LogP contribution in [-0.2, 0) is 20.7 Å². The Balaban J connectivity index is 1.48. The van der Waals surface area contributed by atoms with Crippen LogP contribution in [0.5, 0.6) is 0 Å². The van der Waals surface area contributed by atoms with Gasteiger partial charge >= 0.3 is 5.97 Å². The zero-order valence-electron chi connectivity index (χ0n) is 11.9. The van der Waals surface area contributed by atoms with E-state index < -0.39 is 5.97 Å². The molecule has 0 unspecified atom stereocenters. The number of nitrogens with one attached hydrogen (secondary N) is 1. The SMILES string of the molecule is O=C(COC(=O)Cc1cn2ccsc2n1)Nc1cccc(I)c1. The van der Waals surface area contributed by atoms with Crippen LogP contribution in [0.1, 0.15) is 5.69 Å². The molecular weight excluding hydrogens is 429 g/mol. The zero-order chi connectivity index (χ0) is 16.2. The maximum absolute atomic E-state index is 11.8. The fourth-order valence-corrected chi connectivity index (χ4v) is 3.23. The summed E-state index contributed by atoms with van der Waals surface area (Å²) in [6, 6.07) is 7.37. The van der Waals surface area contributed by atoms with Gasteiger partial charge in [0.15, 0.2) is 11.6 Å². The number of hydrogen-bond donors (Lipinski definition) is 1. The highest BCUT2D eigenvalue weighted by atomic mass is 127. The second kappa shape index (κ2) is 7.09. The molecule has 0 saturated carbocycles. The van der Waals surface area contributed by atoms with Gasteiger partial charge in [0.2, 0.25) is 0 Å². The minimum Gasteiger partial charge on any atom is -0.455 e. The van der Waals surface area contributed by atoms with E-state index in [1.807, 2.05) is 34.2 Å². The number of nitrogens with zero attached hydrogens (tertiary/aromatic N) is 2. The van der Waals surface area contributed by atoms with Crippen molar-refractivity contribution in [2.75, 3.05) is 11.9 Å². The van der Waals surface area contributed by atoms with E-state index in [0.29, 0.717) is 11.4 Å². The number of amides is 1. The van der Waals surface area contributed by atoms with Gasteiger partial charge < -0.3 is 10.1 Å². The molecule has 1 aromatic carbocycles. The Morgan fingerprint density at radius 1 is 1.39 bits per heavy atom. The average molecular weight is 441 g/mol. The molecular formula is C15H12IN3O3S. The first kappa shape index (κ1) is 15.9. The highest BCUT2D eigenvalue weighted by molar-refractivity contribution is 14.1. The van der Waals surface area contributed by atoms with Crippen LogP contribution in [0.25, 0.3) is 4.96 Å². The molecule has 0 aliphatic rings. The van der Waals surface area contributed by atoms with Gasteiger partial charge in [-0.2, -0.15) is 0 Å². The fraction of sp³-hybridized carbons (Fsp3) is 0.133. The second-order valence-electron chi connectivity index (χ2n) is 4.72. The van der Waals surface area contributed by atoms with Crippen molar-refractivity contribution in [2.45, 2.75) is 6.42 Å². The first-order valence-corrected chi connectivity index (χ1v) is 8.68. The van der Waals surface area contributed by atoms with Crippen LogP contribution >= 0.6 is 33.9 Å². The Morgan fingerprint density at radius 3 is 3.04 bits per heavy atom. The molecule has 0 radical (unpaired) electrons. The lowest BCUT2D eigenvalue weighted by molar-refractivity contribution is -0.146. The van der Waals surface area contributed by atoms with E-state index in [9.17, 15) is 9.59 Å². The second-order valence-corrected chi connectivity index (χ2v) is 6.84. The number of aromatic nitrogens is 2. The molecule has 23 heavy (non-hydrogen) atoms. The number of thiazole rings is 1. The summed E-state index contributed by atoms with van der Waals surface area (Å²) in [4.78, 5) is 28.7. The number of imidazole rings is 1. The highest BCUT2D eigenvalue weighted by Gasteiger charge is 2.11. The Kier molecular flexibility index (Phi) is 4.91. The smallest absolute Gasteiger partial charge is 0.312 e. The van der Waals surface area contributed by atoms with Gasteiger partial charge in [0, 0.05) is 27.0 Å². The van der Waals surface area contributed by atoms with E-state index in [-0.39, 0.29) is 18.9 Å². The molecule has 1 N–H and O–H groups in total. The molecule has 1 amide bonds. The van der Waals surface area contributed by atoms with Crippen molar-refractivity contribution in [1.82, 2.24) is 9.38 Å². The maximum atomic E-state index is 11.8. The van der Waals surface area contributed by atoms with Gasteiger partial charge in [-0.1, -0.05) is 6.07 Å². The molecule has 0 bridgehead atoms. The summed E-state index contributed by atoms with van der Waals surface area (Å²) in [7, 11) is 0. The number of fused-ring (bicyclic) bond motifs is 1. The van der Waals surface area contributed by atoms with Gasteiger partial charge in [-0.3, -0.25) is 14.0 Å². The minimum absolute atomic E-state index is 0.0465. The van der Waals surface area contributed by atoms with Crippen molar-refractivity contribution in [1.29, 1.82) is 0 Å². The van der Waals surface area contributed by atoms with Crippen molar-refractivity contribution < 1.29 is 14.3 Å². The van der Waals surface area contributed by atoms with Gasteiger partial charge in [-0.05, 0) is 40.8 Å². The lowest BCUT2D eigenvalue weighted by Crippen LogP contribution is -2.21. The van der Waals surface area contributed by atoms with Gasteiger partial charge in [0.05, 0.1) is 12.1 Å². The van der Waals surface area contributed by atoms with E-state index in [1.54, 1.807) is 12.3 Å². The average Bonchev–Trinajstić information content (AvgIpc) is 3.06. The van der Waals surface area contributed by atoms with Crippen molar-refractivity contribution in [3.8, 4) is 0 Å². The predicted molar refractivity (Wildman–Crippen MR) is 95.5 cm³/mol. The van der Waals surface area contributed by atoms with Gasteiger partial charge in [-0.15, -0.1) is 11.3 Å². The van der Waals surface area contributed by atoms with Crippen LogP contribution in [0.15, 0.2) is 42.0 Å². The Hall–Kier alpha value is -1.94. The molecule has 3 rings (SSSR count). The zero-order valence-corrected chi connectivity index (χ0v) is 14.8. The summed E-state index contributed by atoms with van der Waals surface area (Å²) in [6.07, 6.45) is 3.69. The predicted octanol–water partition coefficient (Wildman–Crippen LogP) is 2.72. The Bertz CT molecular complexity index is 830. The van der Waals surface area contributed by atoms with Crippen LogP contribution in [-0.4, -0.2) is 27.9 Å². The topological polar surface area (TPSA) is 72.7 Å². The summed E-state index contributed by atoms with van der Waals surface area (Å²) >= 11 is 3.65. The summed E-state index contributed by atoms with van der Waals surface area (Å²) in [5.74, 6) is -0.847. The molecule has 3 aromatic rings. The minimum atomic E-state index is -0.478. The highest BCUT2D eigenvalue weighted by Crippen LogP contribution is 2.13. The number of rotatable bonds is 5. The summed E-state index contributed by atoms with van der Waals surface area (Å²) in [5, 5.41) is 4.60. The molecule has 6 nitrogen and oxygen atoms in total. The molecule has 0 spiro atoms. The van der Waals surface area contributed by atoms with Gasteiger partial charge in [0.1, 0.15) is 0 Å². The third-order valence-corrected chi connectivity index (χ3v) is 4.38. The van der Waals surface area contributed by atoms with E-state index in [4.69, 9.17) is 4.74 Å². The molecule has 118 valence electrons. The first-order valence-electron chi connectivity index (χ1n) is 6.72. The molecule has 0 fully saturated rings. The maximum Gasteiger partial charge on any atom is 0.312 e. The summed E-state index contributed by atoms with van der Waals surface area (Å²) in [6.45, 7) is -0.313. The number of carbonyl (C=O) groups excluding carboxylic acids is 2. The lowest BCUT2D eigenvalue weighted by atomic mass is 10.3. The normalized spacial score (nSPS) is 10.7. The number of benzene rings is 1. The third-order valence-electron chi connectivity index (χ3n) is 2.94. The van der Waals surface area contributed by atoms with E-state index in [2.05, 4.69) is 32.9 Å². The quantitative estimate of drug-likeness (QED) is 0.488. The number of hydrogen-bond acceptors (Lipinski definition) is 5. The van der Waals surface area contributed by atoms with E-state index in [0.717, 1.165) is 8.53 Å². The molecule has 0 aliphatic carbocycles. The van der Waals surface area contributed by atoms with Gasteiger partial charge in [0.25, 0.3) is 5.91 Å². The van der Waals surface area contributed by atoms with Crippen molar-refractivity contribution >= 4 is 56.5 Å². The first-order chi connectivity index (χ1) is 11.1. The van der Waals surface area contributed by atoms with Crippen LogP contribution in [0.4, 0.5) is 5.69 Å².